The predicted molar refractivity (Wildman–Crippen MR) is 149 cm³/mol. The first-order valence-corrected chi connectivity index (χ1v) is 14.7. The summed E-state index contributed by atoms with van der Waals surface area (Å²) in [5.74, 6) is 2.45. The van der Waals surface area contributed by atoms with Crippen LogP contribution in [0.3, 0.4) is 0 Å². The Kier molecular flexibility index (Phi) is 6.77. The van der Waals surface area contributed by atoms with Crippen LogP contribution in [0.2, 0.25) is 5.02 Å². The highest BCUT2D eigenvalue weighted by atomic mass is 35.5. The maximum absolute atomic E-state index is 11.6. The van der Waals surface area contributed by atoms with Crippen molar-refractivity contribution in [2.45, 2.75) is 25.0 Å². The molecule has 0 radical (unpaired) electrons. The lowest BCUT2D eigenvalue weighted by Crippen LogP contribution is -2.53. The van der Waals surface area contributed by atoms with Crippen molar-refractivity contribution in [1.82, 2.24) is 19.9 Å². The number of benzene rings is 2. The Morgan fingerprint density at radius 1 is 0.921 bits per heavy atom. The Balaban J connectivity index is 1.02. The van der Waals surface area contributed by atoms with Gasteiger partial charge in [0.1, 0.15) is 17.7 Å². The van der Waals surface area contributed by atoms with Crippen molar-refractivity contribution in [3.8, 4) is 5.75 Å². The smallest absolute Gasteiger partial charge is 0.229 e. The predicted octanol–water partition coefficient (Wildman–Crippen LogP) is 4.81. The molecule has 1 aliphatic heterocycles. The fraction of sp³-hybridized carbons (Fsp3) is 0.296. The maximum Gasteiger partial charge on any atom is 0.229 e. The summed E-state index contributed by atoms with van der Waals surface area (Å²) < 4.78 is 29.4. The van der Waals surface area contributed by atoms with E-state index in [1.807, 2.05) is 48.5 Å². The minimum atomic E-state index is -2.85. The number of anilines is 4. The number of aromatic nitrogens is 3. The fourth-order valence-electron chi connectivity index (χ4n) is 4.76. The molecule has 0 atom stereocenters. The molecule has 38 heavy (non-hydrogen) atoms. The van der Waals surface area contributed by atoms with Crippen LogP contribution in [0.4, 0.5) is 23.1 Å². The zero-order valence-corrected chi connectivity index (χ0v) is 22.1. The van der Waals surface area contributed by atoms with E-state index in [2.05, 4.69) is 30.5 Å². The summed E-state index contributed by atoms with van der Waals surface area (Å²) in [7, 11) is -2.85. The average Bonchev–Trinajstić information content (AvgIpc) is 2.88. The van der Waals surface area contributed by atoms with Gasteiger partial charge in [-0.2, -0.15) is 4.98 Å². The number of ether oxygens (including phenoxy) is 1. The number of hydrogen-bond acceptors (Lipinski definition) is 9. The minimum Gasteiger partial charge on any atom is -0.490 e. The molecule has 2 aliphatic rings. The van der Waals surface area contributed by atoms with Gasteiger partial charge in [0.25, 0.3) is 0 Å². The Labute approximate surface area is 226 Å². The van der Waals surface area contributed by atoms with Gasteiger partial charge in [-0.3, -0.25) is 9.88 Å². The lowest BCUT2D eigenvalue weighted by atomic mass is 9.87. The first-order valence-electron chi connectivity index (χ1n) is 12.5. The standard InChI is InChI=1S/C27H27ClN6O3S/c28-19-2-1-18-13-21(17-30-25(18)14-19)31-26-7-8-29-27(33-26)32-20-3-5-23(6-4-20)37-24-15-22(16-24)34-9-11-38(35,36)12-10-34/h1-8,13-14,17,22,24H,9-12,15-16H2,(H2,29,31,32,33). The van der Waals surface area contributed by atoms with Crippen molar-refractivity contribution in [2.75, 3.05) is 35.2 Å². The number of fused-ring (bicyclic) bond motifs is 1. The van der Waals surface area contributed by atoms with Crippen molar-refractivity contribution in [3.05, 3.63) is 72.0 Å². The summed E-state index contributed by atoms with van der Waals surface area (Å²) in [6, 6.07) is 17.5. The van der Waals surface area contributed by atoms with Gasteiger partial charge >= 0.3 is 0 Å². The Morgan fingerprint density at radius 2 is 1.71 bits per heavy atom. The van der Waals surface area contributed by atoms with E-state index in [1.165, 1.54) is 0 Å². The highest BCUT2D eigenvalue weighted by Gasteiger charge is 2.37. The molecule has 0 unspecified atom stereocenters. The fourth-order valence-corrected chi connectivity index (χ4v) is 6.16. The van der Waals surface area contributed by atoms with Crippen LogP contribution < -0.4 is 15.4 Å². The number of rotatable bonds is 7. The number of sulfone groups is 1. The molecule has 0 bridgehead atoms. The summed E-state index contributed by atoms with van der Waals surface area (Å²) in [4.78, 5) is 15.6. The second-order valence-electron chi connectivity index (χ2n) is 9.65. The molecule has 2 aromatic carbocycles. The molecule has 6 rings (SSSR count). The molecule has 9 nitrogen and oxygen atoms in total. The van der Waals surface area contributed by atoms with Gasteiger partial charge in [0.15, 0.2) is 9.84 Å². The first-order chi connectivity index (χ1) is 18.4. The summed E-state index contributed by atoms with van der Waals surface area (Å²) in [5.41, 5.74) is 2.49. The highest BCUT2D eigenvalue weighted by molar-refractivity contribution is 7.91. The monoisotopic (exact) mass is 550 g/mol. The van der Waals surface area contributed by atoms with Crippen LogP contribution >= 0.6 is 11.6 Å². The van der Waals surface area contributed by atoms with Crippen LogP contribution in [0.25, 0.3) is 10.9 Å². The highest BCUT2D eigenvalue weighted by Crippen LogP contribution is 2.31. The molecule has 0 spiro atoms. The zero-order chi connectivity index (χ0) is 26.1. The quantitative estimate of drug-likeness (QED) is 0.335. The largest absolute Gasteiger partial charge is 0.490 e. The number of halogens is 1. The van der Waals surface area contributed by atoms with Crippen LogP contribution in [0.1, 0.15) is 12.8 Å². The molecule has 2 fully saturated rings. The van der Waals surface area contributed by atoms with Crippen LogP contribution in [0.5, 0.6) is 5.75 Å². The lowest BCUT2D eigenvalue weighted by molar-refractivity contribution is 0.0212. The van der Waals surface area contributed by atoms with E-state index in [1.54, 1.807) is 18.5 Å². The zero-order valence-electron chi connectivity index (χ0n) is 20.5. The third kappa shape index (κ3) is 5.82. The minimum absolute atomic E-state index is 0.157. The van der Waals surface area contributed by atoms with Crippen LogP contribution in [-0.4, -0.2) is 65.0 Å². The molecule has 1 saturated carbocycles. The van der Waals surface area contributed by atoms with E-state index in [4.69, 9.17) is 16.3 Å². The molecule has 1 saturated heterocycles. The summed E-state index contributed by atoms with van der Waals surface area (Å²) >= 11 is 6.05. The van der Waals surface area contributed by atoms with E-state index in [0.717, 1.165) is 40.9 Å². The number of pyridine rings is 1. The molecule has 196 valence electrons. The van der Waals surface area contributed by atoms with E-state index in [9.17, 15) is 8.42 Å². The van der Waals surface area contributed by atoms with Crippen molar-refractivity contribution < 1.29 is 13.2 Å². The molecule has 2 aromatic heterocycles. The second kappa shape index (κ2) is 10.4. The third-order valence-electron chi connectivity index (χ3n) is 6.95. The summed E-state index contributed by atoms with van der Waals surface area (Å²) in [5, 5.41) is 8.13. The Hall–Kier alpha value is -3.47. The van der Waals surface area contributed by atoms with E-state index >= 15 is 0 Å². The van der Waals surface area contributed by atoms with Crippen LogP contribution in [0, 0.1) is 0 Å². The van der Waals surface area contributed by atoms with Gasteiger partial charge in [0, 0.05) is 54.3 Å². The first kappa shape index (κ1) is 24.8. The van der Waals surface area contributed by atoms with E-state index in [-0.39, 0.29) is 17.6 Å². The van der Waals surface area contributed by atoms with Crippen molar-refractivity contribution in [2.24, 2.45) is 0 Å². The van der Waals surface area contributed by atoms with Crippen molar-refractivity contribution in [1.29, 1.82) is 0 Å². The Morgan fingerprint density at radius 3 is 2.50 bits per heavy atom. The molecule has 1 aliphatic carbocycles. The Bertz CT molecular complexity index is 1550. The normalized spacial score (nSPS) is 21.0. The van der Waals surface area contributed by atoms with Crippen LogP contribution in [-0.2, 0) is 9.84 Å². The second-order valence-corrected chi connectivity index (χ2v) is 12.4. The van der Waals surface area contributed by atoms with Gasteiger partial charge in [-0.1, -0.05) is 17.7 Å². The topological polar surface area (TPSA) is 109 Å². The van der Waals surface area contributed by atoms with Gasteiger partial charge in [0.2, 0.25) is 5.95 Å². The van der Waals surface area contributed by atoms with Crippen molar-refractivity contribution >= 4 is 55.5 Å². The molecule has 0 amide bonds. The summed E-state index contributed by atoms with van der Waals surface area (Å²) in [6.07, 6.45) is 5.44. The molecule has 4 aromatic rings. The molecule has 2 N–H and O–H groups in total. The average molecular weight is 551 g/mol. The van der Waals surface area contributed by atoms with Crippen LogP contribution in [0.15, 0.2) is 67.0 Å². The molecule has 3 heterocycles. The molecular formula is C27H27ClN6O3S. The lowest BCUT2D eigenvalue weighted by Gasteiger charge is -2.44. The molecule has 11 heteroatoms. The van der Waals surface area contributed by atoms with Gasteiger partial charge in [-0.05, 0) is 48.5 Å². The van der Waals surface area contributed by atoms with E-state index in [0.29, 0.717) is 35.9 Å². The van der Waals surface area contributed by atoms with Gasteiger partial charge < -0.3 is 15.4 Å². The maximum atomic E-state index is 11.6. The van der Waals surface area contributed by atoms with Gasteiger partial charge in [-0.15, -0.1) is 0 Å². The van der Waals surface area contributed by atoms with Crippen molar-refractivity contribution in [3.63, 3.8) is 0 Å². The third-order valence-corrected chi connectivity index (χ3v) is 8.80. The molecular weight excluding hydrogens is 524 g/mol. The van der Waals surface area contributed by atoms with E-state index < -0.39 is 9.84 Å². The number of nitrogens with one attached hydrogen (secondary N) is 2. The SMILES string of the molecule is O=S1(=O)CCN(C2CC(Oc3ccc(Nc4nccc(Nc5cnc6cc(Cl)ccc6c5)n4)cc3)C2)CC1. The summed E-state index contributed by atoms with van der Waals surface area (Å²) in [6.45, 7) is 1.26. The number of nitrogens with zero attached hydrogens (tertiary/aromatic N) is 4. The van der Waals surface area contributed by atoms with Gasteiger partial charge in [-0.25, -0.2) is 13.4 Å². The van der Waals surface area contributed by atoms with Gasteiger partial charge in [0.05, 0.1) is 28.9 Å². The number of hydrogen-bond donors (Lipinski definition) is 2.